The van der Waals surface area contributed by atoms with Crippen molar-refractivity contribution in [3.05, 3.63) is 73.6 Å². The summed E-state index contributed by atoms with van der Waals surface area (Å²) in [5.41, 5.74) is 2.74. The van der Waals surface area contributed by atoms with Crippen LogP contribution in [0.15, 0.2) is 73.6 Å². The Bertz CT molecular complexity index is 1520. The molecular formula is C30H34N10O. The number of aromatic nitrogens is 4. The number of carbonyl (C=O) groups excluding carboxylic acids is 1. The first kappa shape index (κ1) is 26.5. The second kappa shape index (κ2) is 11.8. The van der Waals surface area contributed by atoms with Crippen molar-refractivity contribution in [2.45, 2.75) is 12.5 Å². The first-order valence-electron chi connectivity index (χ1n) is 13.9. The Morgan fingerprint density at radius 1 is 0.927 bits per heavy atom. The summed E-state index contributed by atoms with van der Waals surface area (Å²) in [7, 11) is 2.15. The summed E-state index contributed by atoms with van der Waals surface area (Å²) >= 11 is 0. The van der Waals surface area contributed by atoms with E-state index < -0.39 is 0 Å². The first-order chi connectivity index (χ1) is 20.0. The molecule has 0 spiro atoms. The van der Waals surface area contributed by atoms with Gasteiger partial charge in [0.05, 0.1) is 23.6 Å². The Morgan fingerprint density at radius 3 is 2.49 bits per heavy atom. The lowest BCUT2D eigenvalue weighted by Gasteiger charge is -2.33. The average Bonchev–Trinajstić information content (AvgIpc) is 3.46. The summed E-state index contributed by atoms with van der Waals surface area (Å²) in [6.45, 7) is 9.04. The van der Waals surface area contributed by atoms with Crippen LogP contribution < -0.4 is 25.8 Å². The van der Waals surface area contributed by atoms with Crippen molar-refractivity contribution < 1.29 is 4.79 Å². The van der Waals surface area contributed by atoms with E-state index in [1.165, 1.54) is 6.08 Å². The molecule has 1 aromatic carbocycles. The van der Waals surface area contributed by atoms with E-state index in [4.69, 9.17) is 9.97 Å². The number of hydrogen-bond acceptors (Lipinski definition) is 10. The average molecular weight is 551 g/mol. The highest BCUT2D eigenvalue weighted by atomic mass is 16.1. The van der Waals surface area contributed by atoms with Gasteiger partial charge in [-0.1, -0.05) is 24.8 Å². The molecule has 3 N–H and O–H groups in total. The van der Waals surface area contributed by atoms with Crippen molar-refractivity contribution >= 4 is 51.6 Å². The zero-order chi connectivity index (χ0) is 28.2. The number of rotatable bonds is 8. The Morgan fingerprint density at radius 2 is 1.73 bits per heavy atom. The van der Waals surface area contributed by atoms with Gasteiger partial charge in [-0.3, -0.25) is 4.79 Å². The first-order valence-corrected chi connectivity index (χ1v) is 13.9. The summed E-state index contributed by atoms with van der Waals surface area (Å²) in [5, 5.41) is 10.5. The van der Waals surface area contributed by atoms with E-state index in [1.807, 2.05) is 48.7 Å². The number of hydrogen-bond donors (Lipinski definition) is 3. The summed E-state index contributed by atoms with van der Waals surface area (Å²) in [6.07, 6.45) is 5.78. The lowest BCUT2D eigenvalue weighted by molar-refractivity contribution is -0.117. The normalized spacial score (nSPS) is 17.4. The summed E-state index contributed by atoms with van der Waals surface area (Å²) in [6, 6.07) is 15.9. The minimum Gasteiger partial charge on any atom is -0.368 e. The van der Waals surface area contributed by atoms with Gasteiger partial charge in [0.15, 0.2) is 0 Å². The SMILES string of the molecule is C=CC(=O)N[C@@H]1CCN(c2nc(Nc3ccccc3)nc3cnc(Nc4ccc(N5CCN(C)CC5)cn4)cc23)C1. The highest BCUT2D eigenvalue weighted by Gasteiger charge is 2.26. The molecule has 0 aliphatic carbocycles. The topological polar surface area (TPSA) is 114 Å². The predicted octanol–water partition coefficient (Wildman–Crippen LogP) is 3.54. The van der Waals surface area contributed by atoms with Crippen LogP contribution in [0.5, 0.6) is 0 Å². The van der Waals surface area contributed by atoms with Gasteiger partial charge in [-0.05, 0) is 49.9 Å². The lowest BCUT2D eigenvalue weighted by atomic mass is 10.2. The van der Waals surface area contributed by atoms with Gasteiger partial charge in [0, 0.05) is 56.4 Å². The van der Waals surface area contributed by atoms with Gasteiger partial charge in [0.2, 0.25) is 11.9 Å². The molecular weight excluding hydrogens is 516 g/mol. The Balaban J connectivity index is 1.26. The van der Waals surface area contributed by atoms with Gasteiger partial charge < -0.3 is 30.7 Å². The Labute approximate surface area is 239 Å². The molecule has 1 amide bonds. The van der Waals surface area contributed by atoms with Gasteiger partial charge in [0.25, 0.3) is 0 Å². The van der Waals surface area contributed by atoms with E-state index in [1.54, 1.807) is 6.20 Å². The standard InChI is InChI=1S/C30H34N10O/c1-3-28(41)33-22-11-12-40(20-22)29-24-17-27(32-19-25(24)35-30(37-29)34-21-7-5-4-6-8-21)36-26-10-9-23(18-31-26)39-15-13-38(2)14-16-39/h3-10,17-19,22H,1,11-16,20H2,2H3,(H,33,41)(H,31,32,36)(H,34,35,37)/t22-/m1/s1. The molecule has 0 saturated carbocycles. The Kier molecular flexibility index (Phi) is 7.59. The molecule has 0 radical (unpaired) electrons. The maximum absolute atomic E-state index is 11.9. The predicted molar refractivity (Wildman–Crippen MR) is 163 cm³/mol. The summed E-state index contributed by atoms with van der Waals surface area (Å²) < 4.78 is 0. The largest absolute Gasteiger partial charge is 0.368 e. The van der Waals surface area contributed by atoms with Gasteiger partial charge in [-0.15, -0.1) is 0 Å². The molecule has 5 heterocycles. The van der Waals surface area contributed by atoms with Crippen molar-refractivity contribution in [3.8, 4) is 0 Å². The molecule has 0 unspecified atom stereocenters. The zero-order valence-electron chi connectivity index (χ0n) is 23.1. The molecule has 1 atom stereocenters. The highest BCUT2D eigenvalue weighted by Crippen LogP contribution is 2.31. The number of fused-ring (bicyclic) bond motifs is 1. The molecule has 2 saturated heterocycles. The molecule has 2 aliphatic heterocycles. The molecule has 11 heteroatoms. The van der Waals surface area contributed by atoms with Crippen LogP contribution >= 0.6 is 0 Å². The number of likely N-dealkylation sites (N-methyl/N-ethyl adjacent to an activating group) is 1. The minimum atomic E-state index is -0.169. The number of pyridine rings is 2. The molecule has 2 fully saturated rings. The number of nitrogens with one attached hydrogen (secondary N) is 3. The number of amides is 1. The van der Waals surface area contributed by atoms with Crippen molar-refractivity contribution in [1.29, 1.82) is 0 Å². The maximum atomic E-state index is 11.9. The highest BCUT2D eigenvalue weighted by molar-refractivity contribution is 5.93. The van der Waals surface area contributed by atoms with Crippen LogP contribution in [0.2, 0.25) is 0 Å². The number of anilines is 6. The minimum absolute atomic E-state index is 0.0125. The van der Waals surface area contributed by atoms with E-state index in [9.17, 15) is 4.79 Å². The van der Waals surface area contributed by atoms with Crippen LogP contribution in [-0.4, -0.2) is 83.1 Å². The van der Waals surface area contributed by atoms with Crippen LogP contribution in [0, 0.1) is 0 Å². The van der Waals surface area contributed by atoms with Crippen molar-refractivity contribution in [2.75, 3.05) is 66.7 Å². The van der Waals surface area contributed by atoms with Crippen LogP contribution in [-0.2, 0) is 4.79 Å². The van der Waals surface area contributed by atoms with Gasteiger partial charge in [-0.25, -0.2) is 15.0 Å². The number of nitrogens with zero attached hydrogens (tertiary/aromatic N) is 7. The maximum Gasteiger partial charge on any atom is 0.243 e. The third kappa shape index (κ3) is 6.20. The molecule has 4 aromatic rings. The fourth-order valence-corrected chi connectivity index (χ4v) is 5.21. The van der Waals surface area contributed by atoms with E-state index in [-0.39, 0.29) is 11.9 Å². The number of para-hydroxylation sites is 1. The smallest absolute Gasteiger partial charge is 0.243 e. The molecule has 2 aliphatic rings. The van der Waals surface area contributed by atoms with Crippen LogP contribution in [0.3, 0.4) is 0 Å². The third-order valence-corrected chi connectivity index (χ3v) is 7.48. The monoisotopic (exact) mass is 550 g/mol. The number of carbonyl (C=O) groups is 1. The van der Waals surface area contributed by atoms with Gasteiger partial charge in [-0.2, -0.15) is 4.98 Å². The second-order valence-corrected chi connectivity index (χ2v) is 10.4. The number of benzene rings is 1. The van der Waals surface area contributed by atoms with Crippen LogP contribution in [0.25, 0.3) is 10.9 Å². The fraction of sp³-hybridized carbons (Fsp3) is 0.300. The molecule has 3 aromatic heterocycles. The molecule has 210 valence electrons. The van der Waals surface area contributed by atoms with E-state index >= 15 is 0 Å². The van der Waals surface area contributed by atoms with Crippen LogP contribution in [0.1, 0.15) is 6.42 Å². The lowest BCUT2D eigenvalue weighted by Crippen LogP contribution is -2.44. The summed E-state index contributed by atoms with van der Waals surface area (Å²) in [4.78, 5) is 37.7. The van der Waals surface area contributed by atoms with Crippen molar-refractivity contribution in [2.24, 2.45) is 0 Å². The van der Waals surface area contributed by atoms with Gasteiger partial charge >= 0.3 is 0 Å². The van der Waals surface area contributed by atoms with Crippen molar-refractivity contribution in [1.82, 2.24) is 30.2 Å². The molecule has 11 nitrogen and oxygen atoms in total. The molecule has 6 rings (SSSR count). The second-order valence-electron chi connectivity index (χ2n) is 10.4. The van der Waals surface area contributed by atoms with Crippen LogP contribution in [0.4, 0.5) is 34.8 Å². The fourth-order valence-electron chi connectivity index (χ4n) is 5.21. The quantitative estimate of drug-likeness (QED) is 0.282. The third-order valence-electron chi connectivity index (χ3n) is 7.48. The van der Waals surface area contributed by atoms with Crippen molar-refractivity contribution in [3.63, 3.8) is 0 Å². The number of piperazine rings is 1. The Hall–Kier alpha value is -4.77. The molecule has 0 bridgehead atoms. The summed E-state index contributed by atoms with van der Waals surface area (Å²) in [5.74, 6) is 2.47. The van der Waals surface area contributed by atoms with E-state index in [0.29, 0.717) is 24.1 Å². The van der Waals surface area contributed by atoms with E-state index in [2.05, 4.69) is 60.3 Å². The zero-order valence-corrected chi connectivity index (χ0v) is 23.1. The van der Waals surface area contributed by atoms with E-state index in [0.717, 1.165) is 67.2 Å². The molecule has 41 heavy (non-hydrogen) atoms. The van der Waals surface area contributed by atoms with Gasteiger partial charge in [0.1, 0.15) is 17.5 Å².